The summed E-state index contributed by atoms with van der Waals surface area (Å²) in [6, 6.07) is 14.8. The van der Waals surface area contributed by atoms with E-state index in [9.17, 15) is 14.0 Å². The second kappa shape index (κ2) is 9.26. The number of halogens is 1. The monoisotopic (exact) mass is 412 g/mol. The lowest BCUT2D eigenvalue weighted by atomic mass is 10.1. The highest BCUT2D eigenvalue weighted by molar-refractivity contribution is 5.89. The molecule has 158 valence electrons. The maximum atomic E-state index is 13.5. The molecule has 30 heavy (non-hydrogen) atoms. The minimum Gasteiger partial charge on any atom is -0.488 e. The van der Waals surface area contributed by atoms with Gasteiger partial charge in [-0.1, -0.05) is 30.3 Å². The van der Waals surface area contributed by atoms with Gasteiger partial charge in [0.15, 0.2) is 0 Å². The molecule has 2 heterocycles. The fourth-order valence-corrected chi connectivity index (χ4v) is 4.00. The Balaban J connectivity index is 1.50. The molecule has 0 N–H and O–H groups in total. The van der Waals surface area contributed by atoms with Crippen LogP contribution in [0.3, 0.4) is 0 Å². The van der Waals surface area contributed by atoms with Gasteiger partial charge in [-0.25, -0.2) is 4.39 Å². The number of amides is 2. The summed E-state index contributed by atoms with van der Waals surface area (Å²) in [5.74, 6) is 0.0453. The van der Waals surface area contributed by atoms with Crippen LogP contribution < -0.4 is 4.74 Å². The molecule has 4 rings (SSSR count). The molecule has 2 aromatic carbocycles. The number of para-hydroxylation sites is 1. The lowest BCUT2D eigenvalue weighted by Crippen LogP contribution is -2.51. The Kier molecular flexibility index (Phi) is 6.28. The van der Waals surface area contributed by atoms with E-state index in [4.69, 9.17) is 9.47 Å². The summed E-state index contributed by atoms with van der Waals surface area (Å²) < 4.78 is 24.9. The second-order valence-corrected chi connectivity index (χ2v) is 7.59. The quantitative estimate of drug-likeness (QED) is 0.756. The molecule has 2 fully saturated rings. The van der Waals surface area contributed by atoms with Crippen molar-refractivity contribution in [1.82, 2.24) is 9.80 Å². The van der Waals surface area contributed by atoms with Crippen molar-refractivity contribution in [2.45, 2.75) is 25.0 Å². The molecule has 0 bridgehead atoms. The predicted molar refractivity (Wildman–Crippen MR) is 108 cm³/mol. The topological polar surface area (TPSA) is 59.1 Å². The summed E-state index contributed by atoms with van der Waals surface area (Å²) in [5, 5.41) is 0. The Morgan fingerprint density at radius 1 is 1.07 bits per heavy atom. The lowest BCUT2D eigenvalue weighted by molar-refractivity contribution is -0.146. The minimum atomic E-state index is -0.585. The summed E-state index contributed by atoms with van der Waals surface area (Å²) in [4.78, 5) is 29.6. The number of rotatable bonds is 5. The standard InChI is InChI=1S/C23H25FN2O4/c24-18-6-4-5-17(13-18)14-22(27)26-16-20(30-19-7-2-1-3-8-19)15-21(26)23(28)25-9-11-29-12-10-25/h1-8,13,20-21H,9-12,14-16H2/t20-,21-/m0/s1. The van der Waals surface area contributed by atoms with Crippen LogP contribution in [0.5, 0.6) is 5.75 Å². The van der Waals surface area contributed by atoms with Gasteiger partial charge in [0.2, 0.25) is 11.8 Å². The number of carbonyl (C=O) groups excluding carboxylic acids is 2. The van der Waals surface area contributed by atoms with Gasteiger partial charge in [0, 0.05) is 19.5 Å². The highest BCUT2D eigenvalue weighted by atomic mass is 19.1. The number of ether oxygens (including phenoxy) is 2. The van der Waals surface area contributed by atoms with Crippen molar-refractivity contribution in [2.75, 3.05) is 32.8 Å². The van der Waals surface area contributed by atoms with Crippen LogP contribution in [-0.2, 0) is 20.7 Å². The van der Waals surface area contributed by atoms with Crippen molar-refractivity contribution in [2.24, 2.45) is 0 Å². The Morgan fingerprint density at radius 2 is 1.83 bits per heavy atom. The van der Waals surface area contributed by atoms with Gasteiger partial charge in [-0.05, 0) is 29.8 Å². The van der Waals surface area contributed by atoms with E-state index in [0.29, 0.717) is 50.6 Å². The smallest absolute Gasteiger partial charge is 0.245 e. The molecular formula is C23H25FN2O4. The van der Waals surface area contributed by atoms with Gasteiger partial charge in [0.1, 0.15) is 23.7 Å². The SMILES string of the molecule is O=C([C@@H]1C[C@H](Oc2ccccc2)CN1C(=O)Cc1cccc(F)c1)N1CCOCC1. The molecule has 7 heteroatoms. The fraction of sp³-hybridized carbons (Fsp3) is 0.391. The van der Waals surface area contributed by atoms with E-state index < -0.39 is 6.04 Å². The second-order valence-electron chi connectivity index (χ2n) is 7.59. The van der Waals surface area contributed by atoms with Crippen LogP contribution in [0.1, 0.15) is 12.0 Å². The molecule has 2 aliphatic rings. The van der Waals surface area contributed by atoms with E-state index in [-0.39, 0.29) is 30.2 Å². The molecule has 2 amide bonds. The summed E-state index contributed by atoms with van der Waals surface area (Å²) in [6.45, 7) is 2.36. The van der Waals surface area contributed by atoms with Gasteiger partial charge >= 0.3 is 0 Å². The number of hydrogen-bond acceptors (Lipinski definition) is 4. The maximum absolute atomic E-state index is 13.5. The van der Waals surface area contributed by atoms with Crippen molar-refractivity contribution in [3.63, 3.8) is 0 Å². The van der Waals surface area contributed by atoms with Crippen LogP contribution in [-0.4, -0.2) is 66.6 Å². The summed E-state index contributed by atoms with van der Waals surface area (Å²) in [6.07, 6.45) is 0.196. The third kappa shape index (κ3) is 4.79. The molecule has 2 saturated heterocycles. The number of hydrogen-bond donors (Lipinski definition) is 0. The van der Waals surface area contributed by atoms with E-state index in [1.165, 1.54) is 12.1 Å². The first kappa shape index (κ1) is 20.3. The highest BCUT2D eigenvalue weighted by Crippen LogP contribution is 2.26. The Morgan fingerprint density at radius 3 is 2.57 bits per heavy atom. The van der Waals surface area contributed by atoms with Gasteiger partial charge in [0.05, 0.1) is 26.2 Å². The molecule has 2 aromatic rings. The molecule has 0 spiro atoms. The average Bonchev–Trinajstić information content (AvgIpc) is 3.18. The first-order chi connectivity index (χ1) is 14.6. The number of benzene rings is 2. The van der Waals surface area contributed by atoms with Crippen LogP contribution in [0.4, 0.5) is 4.39 Å². The van der Waals surface area contributed by atoms with E-state index in [1.807, 2.05) is 30.3 Å². The number of likely N-dealkylation sites (tertiary alicyclic amines) is 1. The normalized spacial score (nSPS) is 21.5. The summed E-state index contributed by atoms with van der Waals surface area (Å²) in [5.41, 5.74) is 0.588. The van der Waals surface area contributed by atoms with E-state index in [0.717, 1.165) is 0 Å². The van der Waals surface area contributed by atoms with Crippen molar-refractivity contribution in [3.8, 4) is 5.75 Å². The molecule has 0 unspecified atom stereocenters. The number of nitrogens with zero attached hydrogens (tertiary/aromatic N) is 2. The predicted octanol–water partition coefficient (Wildman–Crippen LogP) is 2.28. The summed E-state index contributed by atoms with van der Waals surface area (Å²) >= 11 is 0. The zero-order valence-corrected chi connectivity index (χ0v) is 16.7. The van der Waals surface area contributed by atoms with E-state index in [1.54, 1.807) is 21.9 Å². The molecular weight excluding hydrogens is 387 g/mol. The third-order valence-electron chi connectivity index (χ3n) is 5.48. The minimum absolute atomic E-state index is 0.0444. The summed E-state index contributed by atoms with van der Waals surface area (Å²) in [7, 11) is 0. The zero-order chi connectivity index (χ0) is 20.9. The molecule has 0 saturated carbocycles. The van der Waals surface area contributed by atoms with Crippen molar-refractivity contribution in [1.29, 1.82) is 0 Å². The van der Waals surface area contributed by atoms with Gasteiger partial charge in [-0.15, -0.1) is 0 Å². The lowest BCUT2D eigenvalue weighted by Gasteiger charge is -2.32. The van der Waals surface area contributed by atoms with E-state index in [2.05, 4.69) is 0 Å². The molecule has 0 aromatic heterocycles. The van der Waals surface area contributed by atoms with Crippen molar-refractivity contribution in [3.05, 3.63) is 66.0 Å². The Hall–Kier alpha value is -2.93. The van der Waals surface area contributed by atoms with Gasteiger partial charge in [-0.2, -0.15) is 0 Å². The zero-order valence-electron chi connectivity index (χ0n) is 16.7. The Labute approximate surface area is 175 Å². The highest BCUT2D eigenvalue weighted by Gasteiger charge is 2.42. The Bertz CT molecular complexity index is 886. The largest absolute Gasteiger partial charge is 0.488 e. The first-order valence-electron chi connectivity index (χ1n) is 10.2. The number of morpholine rings is 1. The van der Waals surface area contributed by atoms with Crippen LogP contribution in [0, 0.1) is 5.82 Å². The molecule has 6 nitrogen and oxygen atoms in total. The van der Waals surface area contributed by atoms with Crippen LogP contribution in [0.25, 0.3) is 0 Å². The van der Waals surface area contributed by atoms with Crippen molar-refractivity contribution < 1.29 is 23.5 Å². The van der Waals surface area contributed by atoms with Crippen LogP contribution in [0.2, 0.25) is 0 Å². The van der Waals surface area contributed by atoms with Crippen molar-refractivity contribution >= 4 is 11.8 Å². The fourth-order valence-electron chi connectivity index (χ4n) is 4.00. The maximum Gasteiger partial charge on any atom is 0.245 e. The first-order valence-corrected chi connectivity index (χ1v) is 10.2. The molecule has 2 atom stereocenters. The van der Waals surface area contributed by atoms with E-state index >= 15 is 0 Å². The van der Waals surface area contributed by atoms with Gasteiger partial charge < -0.3 is 19.3 Å². The molecule has 0 aliphatic carbocycles. The third-order valence-corrected chi connectivity index (χ3v) is 5.48. The van der Waals surface area contributed by atoms with Gasteiger partial charge in [0.25, 0.3) is 0 Å². The van der Waals surface area contributed by atoms with Crippen LogP contribution >= 0.6 is 0 Å². The average molecular weight is 412 g/mol. The van der Waals surface area contributed by atoms with Gasteiger partial charge in [-0.3, -0.25) is 9.59 Å². The molecule has 0 radical (unpaired) electrons. The molecule has 2 aliphatic heterocycles. The van der Waals surface area contributed by atoms with Crippen LogP contribution in [0.15, 0.2) is 54.6 Å². The number of carbonyl (C=O) groups is 2.